The third-order valence-corrected chi connectivity index (χ3v) is 2.92. The van der Waals surface area contributed by atoms with Crippen molar-refractivity contribution in [2.45, 2.75) is 26.0 Å². The number of ether oxygens (including phenoxy) is 1. The highest BCUT2D eigenvalue weighted by atomic mass is 35.5. The van der Waals surface area contributed by atoms with Gasteiger partial charge in [0.05, 0.1) is 11.0 Å². The van der Waals surface area contributed by atoms with Gasteiger partial charge in [0, 0.05) is 24.9 Å². The molecule has 0 bridgehead atoms. The van der Waals surface area contributed by atoms with Gasteiger partial charge in [-0.3, -0.25) is 10.1 Å². The third-order valence-electron chi connectivity index (χ3n) is 2.61. The SMILES string of the molecule is COC(C)C(C)Nc1ccc([N+](=O)[O-])c(Cl)c1. The fraction of sp³-hybridized carbons (Fsp3) is 0.455. The molecule has 0 spiro atoms. The van der Waals surface area contributed by atoms with Gasteiger partial charge >= 0.3 is 0 Å². The largest absolute Gasteiger partial charge is 0.380 e. The number of nitro groups is 1. The summed E-state index contributed by atoms with van der Waals surface area (Å²) in [5.41, 5.74) is 0.640. The Bertz CT molecular complexity index is 412. The Morgan fingerprint density at radius 2 is 2.12 bits per heavy atom. The van der Waals surface area contributed by atoms with Crippen molar-refractivity contribution in [2.24, 2.45) is 0 Å². The maximum Gasteiger partial charge on any atom is 0.288 e. The number of methoxy groups -OCH3 is 1. The number of rotatable bonds is 5. The molecular formula is C11H15ClN2O3. The van der Waals surface area contributed by atoms with Gasteiger partial charge in [-0.1, -0.05) is 11.6 Å². The third kappa shape index (κ3) is 3.57. The maximum absolute atomic E-state index is 10.6. The van der Waals surface area contributed by atoms with Gasteiger partial charge in [0.25, 0.3) is 5.69 Å². The van der Waals surface area contributed by atoms with Crippen molar-refractivity contribution in [1.82, 2.24) is 0 Å². The van der Waals surface area contributed by atoms with Gasteiger partial charge in [0.2, 0.25) is 0 Å². The van der Waals surface area contributed by atoms with Gasteiger partial charge in [0.1, 0.15) is 5.02 Å². The molecular weight excluding hydrogens is 244 g/mol. The van der Waals surface area contributed by atoms with E-state index in [9.17, 15) is 10.1 Å². The van der Waals surface area contributed by atoms with Gasteiger partial charge in [-0.15, -0.1) is 0 Å². The number of anilines is 1. The normalized spacial score (nSPS) is 14.1. The van der Waals surface area contributed by atoms with E-state index in [-0.39, 0.29) is 22.9 Å². The first-order valence-corrected chi connectivity index (χ1v) is 5.56. The fourth-order valence-corrected chi connectivity index (χ4v) is 1.58. The van der Waals surface area contributed by atoms with Crippen LogP contribution in [0.25, 0.3) is 0 Å². The van der Waals surface area contributed by atoms with Crippen LogP contribution in [0.15, 0.2) is 18.2 Å². The molecule has 0 saturated heterocycles. The Hall–Kier alpha value is -1.33. The number of hydrogen-bond acceptors (Lipinski definition) is 4. The van der Waals surface area contributed by atoms with Crippen LogP contribution in [-0.2, 0) is 4.74 Å². The van der Waals surface area contributed by atoms with Crippen molar-refractivity contribution in [1.29, 1.82) is 0 Å². The fourth-order valence-electron chi connectivity index (χ4n) is 1.33. The predicted molar refractivity (Wildman–Crippen MR) is 67.7 cm³/mol. The van der Waals surface area contributed by atoms with E-state index in [0.29, 0.717) is 0 Å². The van der Waals surface area contributed by atoms with E-state index < -0.39 is 4.92 Å². The van der Waals surface area contributed by atoms with Gasteiger partial charge in [0.15, 0.2) is 0 Å². The van der Waals surface area contributed by atoms with Crippen LogP contribution in [0, 0.1) is 10.1 Å². The summed E-state index contributed by atoms with van der Waals surface area (Å²) < 4.78 is 5.17. The molecule has 94 valence electrons. The number of benzene rings is 1. The number of nitrogens with one attached hydrogen (secondary N) is 1. The molecule has 0 heterocycles. The van der Waals surface area contributed by atoms with E-state index in [1.54, 1.807) is 19.2 Å². The molecule has 17 heavy (non-hydrogen) atoms. The van der Waals surface area contributed by atoms with E-state index in [1.165, 1.54) is 6.07 Å². The Kier molecular flexibility index (Phi) is 4.72. The molecule has 1 N–H and O–H groups in total. The Labute approximate surface area is 105 Å². The van der Waals surface area contributed by atoms with Crippen LogP contribution in [-0.4, -0.2) is 24.2 Å². The van der Waals surface area contributed by atoms with E-state index in [2.05, 4.69) is 5.32 Å². The highest BCUT2D eigenvalue weighted by Crippen LogP contribution is 2.27. The van der Waals surface area contributed by atoms with Crippen molar-refractivity contribution in [3.63, 3.8) is 0 Å². The van der Waals surface area contributed by atoms with E-state index in [0.717, 1.165) is 5.69 Å². The monoisotopic (exact) mass is 258 g/mol. The van der Waals surface area contributed by atoms with Crippen molar-refractivity contribution < 1.29 is 9.66 Å². The number of halogens is 1. The van der Waals surface area contributed by atoms with Crippen LogP contribution in [0.5, 0.6) is 0 Å². The minimum Gasteiger partial charge on any atom is -0.380 e. The van der Waals surface area contributed by atoms with Gasteiger partial charge in [-0.05, 0) is 26.0 Å². The highest BCUT2D eigenvalue weighted by Gasteiger charge is 2.15. The highest BCUT2D eigenvalue weighted by molar-refractivity contribution is 6.32. The topological polar surface area (TPSA) is 64.4 Å². The molecule has 0 fully saturated rings. The summed E-state index contributed by atoms with van der Waals surface area (Å²) in [6.45, 7) is 3.90. The van der Waals surface area contributed by atoms with Crippen LogP contribution in [0.3, 0.4) is 0 Å². The Morgan fingerprint density at radius 3 is 2.59 bits per heavy atom. The van der Waals surface area contributed by atoms with Crippen molar-refractivity contribution >= 4 is 23.0 Å². The van der Waals surface area contributed by atoms with Gasteiger partial charge in [-0.25, -0.2) is 0 Å². The number of nitrogens with zero attached hydrogens (tertiary/aromatic N) is 1. The molecule has 0 radical (unpaired) electrons. The zero-order valence-corrected chi connectivity index (χ0v) is 10.7. The molecule has 0 aliphatic heterocycles. The second kappa shape index (κ2) is 5.84. The van der Waals surface area contributed by atoms with Gasteiger partial charge in [-0.2, -0.15) is 0 Å². The molecule has 2 unspecified atom stereocenters. The van der Waals surface area contributed by atoms with Crippen LogP contribution in [0.4, 0.5) is 11.4 Å². The molecule has 6 heteroatoms. The van der Waals surface area contributed by atoms with Crippen molar-refractivity contribution in [3.8, 4) is 0 Å². The molecule has 0 saturated carbocycles. The second-order valence-corrected chi connectivity index (χ2v) is 4.20. The average Bonchev–Trinajstić information content (AvgIpc) is 2.27. The lowest BCUT2D eigenvalue weighted by Gasteiger charge is -2.21. The summed E-state index contributed by atoms with van der Waals surface area (Å²) in [6.07, 6.45) is 0.0315. The molecule has 1 aromatic rings. The van der Waals surface area contributed by atoms with Crippen LogP contribution in [0.2, 0.25) is 5.02 Å². The van der Waals surface area contributed by atoms with Crippen LogP contribution >= 0.6 is 11.6 Å². The molecule has 0 aromatic heterocycles. The summed E-state index contributed by atoms with van der Waals surface area (Å²) in [4.78, 5) is 10.1. The lowest BCUT2D eigenvalue weighted by Crippen LogP contribution is -2.29. The summed E-state index contributed by atoms with van der Waals surface area (Å²) >= 11 is 5.81. The molecule has 1 rings (SSSR count). The Balaban J connectivity index is 2.81. The van der Waals surface area contributed by atoms with Crippen LogP contribution < -0.4 is 5.32 Å². The zero-order chi connectivity index (χ0) is 13.0. The maximum atomic E-state index is 10.6. The van der Waals surface area contributed by atoms with E-state index >= 15 is 0 Å². The Morgan fingerprint density at radius 1 is 1.47 bits per heavy atom. The first kappa shape index (κ1) is 13.7. The molecule has 0 aliphatic carbocycles. The minimum absolute atomic E-state index is 0.0315. The van der Waals surface area contributed by atoms with E-state index in [4.69, 9.17) is 16.3 Å². The first-order valence-electron chi connectivity index (χ1n) is 5.19. The first-order chi connectivity index (χ1) is 7.95. The van der Waals surface area contributed by atoms with Crippen LogP contribution in [0.1, 0.15) is 13.8 Å². The molecule has 5 nitrogen and oxygen atoms in total. The second-order valence-electron chi connectivity index (χ2n) is 3.80. The summed E-state index contributed by atoms with van der Waals surface area (Å²) in [5.74, 6) is 0. The number of hydrogen-bond donors (Lipinski definition) is 1. The standard InChI is InChI=1S/C11H15ClN2O3/c1-7(8(2)17-3)13-9-4-5-11(14(15)16)10(12)6-9/h4-8,13H,1-3H3. The van der Waals surface area contributed by atoms with E-state index in [1.807, 2.05) is 13.8 Å². The average molecular weight is 259 g/mol. The quantitative estimate of drug-likeness (QED) is 0.651. The summed E-state index contributed by atoms with van der Waals surface area (Å²) in [6, 6.07) is 4.63. The molecule has 1 aromatic carbocycles. The predicted octanol–water partition coefficient (Wildman–Crippen LogP) is 3.08. The number of nitro benzene ring substituents is 1. The molecule has 0 aliphatic rings. The molecule has 2 atom stereocenters. The lowest BCUT2D eigenvalue weighted by molar-refractivity contribution is -0.384. The summed E-state index contributed by atoms with van der Waals surface area (Å²) in [5, 5.41) is 13.9. The van der Waals surface area contributed by atoms with Crippen molar-refractivity contribution in [3.05, 3.63) is 33.3 Å². The van der Waals surface area contributed by atoms with Crippen molar-refractivity contribution in [2.75, 3.05) is 12.4 Å². The van der Waals surface area contributed by atoms with Gasteiger partial charge < -0.3 is 10.1 Å². The summed E-state index contributed by atoms with van der Waals surface area (Å²) in [7, 11) is 1.63. The minimum atomic E-state index is -0.507. The molecule has 0 amide bonds. The zero-order valence-electron chi connectivity index (χ0n) is 9.94. The smallest absolute Gasteiger partial charge is 0.288 e. The lowest BCUT2D eigenvalue weighted by atomic mass is 10.2.